The molecule has 1 atom stereocenters. The Morgan fingerprint density at radius 2 is 1.48 bits per heavy atom. The Balaban J connectivity index is 1.41. The molecule has 1 saturated carbocycles. The molecule has 1 unspecified atom stereocenters. The van der Waals surface area contributed by atoms with Gasteiger partial charge in [-0.2, -0.15) is 0 Å². The summed E-state index contributed by atoms with van der Waals surface area (Å²) >= 11 is 0. The Kier molecular flexibility index (Phi) is 6.31. The van der Waals surface area contributed by atoms with E-state index in [-0.39, 0.29) is 6.42 Å². The van der Waals surface area contributed by atoms with Crippen LogP contribution in [0.4, 0.5) is 0 Å². The molecule has 2 bridgehead atoms. The topological polar surface area (TPSA) is 49.8 Å². The van der Waals surface area contributed by atoms with E-state index < -0.39 is 11.6 Å². The maximum absolute atomic E-state index is 13.0. The summed E-state index contributed by atoms with van der Waals surface area (Å²) in [5, 5.41) is 11.4. The molecular weight excluding hydrogens is 362 g/mol. The molecule has 4 heteroatoms. The quantitative estimate of drug-likeness (QED) is 0.728. The van der Waals surface area contributed by atoms with Crippen LogP contribution in [0.3, 0.4) is 0 Å². The summed E-state index contributed by atoms with van der Waals surface area (Å²) in [6, 6.07) is 18.7. The zero-order valence-electron chi connectivity index (χ0n) is 17.0. The number of ether oxygens (including phenoxy) is 1. The minimum absolute atomic E-state index is 0.199. The normalized spacial score (nSPS) is 23.9. The summed E-state index contributed by atoms with van der Waals surface area (Å²) in [5.74, 6) is 1.03. The number of carbonyl (C=O) groups excluding carboxylic acids is 1. The molecule has 2 saturated heterocycles. The largest absolute Gasteiger partial charge is 0.462 e. The van der Waals surface area contributed by atoms with E-state index >= 15 is 0 Å². The molecule has 154 valence electrons. The van der Waals surface area contributed by atoms with E-state index in [4.69, 9.17) is 4.74 Å². The number of esters is 1. The van der Waals surface area contributed by atoms with Gasteiger partial charge in [0.25, 0.3) is 0 Å². The van der Waals surface area contributed by atoms with Crippen LogP contribution in [0.25, 0.3) is 0 Å². The third-order valence-corrected chi connectivity index (χ3v) is 6.53. The molecule has 2 aromatic rings. The van der Waals surface area contributed by atoms with Gasteiger partial charge in [0.15, 0.2) is 5.60 Å². The van der Waals surface area contributed by atoms with Gasteiger partial charge in [-0.1, -0.05) is 60.7 Å². The van der Waals surface area contributed by atoms with Crippen LogP contribution in [0.1, 0.15) is 36.8 Å². The number of hydrogen-bond donors (Lipinski definition) is 1. The maximum Gasteiger partial charge on any atom is 0.343 e. The second-order valence-electron chi connectivity index (χ2n) is 8.67. The first-order chi connectivity index (χ1) is 14.1. The Morgan fingerprint density at radius 1 is 0.931 bits per heavy atom. The lowest BCUT2D eigenvalue weighted by atomic mass is 9.84. The van der Waals surface area contributed by atoms with Crippen LogP contribution in [0.5, 0.6) is 0 Å². The van der Waals surface area contributed by atoms with Gasteiger partial charge in [0.1, 0.15) is 6.61 Å². The molecule has 2 heterocycles. The first kappa shape index (κ1) is 20.1. The van der Waals surface area contributed by atoms with Crippen LogP contribution in [-0.2, 0) is 21.6 Å². The van der Waals surface area contributed by atoms with Crippen LogP contribution in [0.15, 0.2) is 60.7 Å². The summed E-state index contributed by atoms with van der Waals surface area (Å²) in [5.41, 5.74) is -0.206. The van der Waals surface area contributed by atoms with Crippen molar-refractivity contribution in [3.63, 3.8) is 0 Å². The standard InChI is InChI=1S/C25H31NO3/c27-24(29-16-15-26-18-21-11-12-22(19-26)14-13-21)25(28,23-9-5-2-6-10-23)17-20-7-3-1-4-8-20/h1-10,21-22,28H,11-19H2. The lowest BCUT2D eigenvalue weighted by Crippen LogP contribution is -2.41. The van der Waals surface area contributed by atoms with Crippen molar-refractivity contribution in [2.75, 3.05) is 26.2 Å². The average molecular weight is 394 g/mol. The highest BCUT2D eigenvalue weighted by Crippen LogP contribution is 2.33. The molecular formula is C25H31NO3. The van der Waals surface area contributed by atoms with Crippen LogP contribution >= 0.6 is 0 Å². The van der Waals surface area contributed by atoms with Gasteiger partial charge in [-0.25, -0.2) is 4.79 Å². The van der Waals surface area contributed by atoms with Crippen molar-refractivity contribution in [1.82, 2.24) is 4.90 Å². The van der Waals surface area contributed by atoms with E-state index in [0.717, 1.165) is 37.0 Å². The molecule has 5 rings (SSSR count). The van der Waals surface area contributed by atoms with Gasteiger partial charge < -0.3 is 9.84 Å². The fraction of sp³-hybridized carbons (Fsp3) is 0.480. The van der Waals surface area contributed by atoms with Crippen molar-refractivity contribution in [1.29, 1.82) is 0 Å². The molecule has 3 aliphatic rings. The number of rotatable bonds is 7. The monoisotopic (exact) mass is 393 g/mol. The lowest BCUT2D eigenvalue weighted by Gasteiger charge is -2.28. The zero-order chi connectivity index (χ0) is 20.1. The van der Waals surface area contributed by atoms with Gasteiger partial charge in [-0.3, -0.25) is 4.90 Å². The highest BCUT2D eigenvalue weighted by Gasteiger charge is 2.40. The molecule has 0 radical (unpaired) electrons. The molecule has 2 aromatic carbocycles. The maximum atomic E-state index is 13.0. The zero-order valence-corrected chi connectivity index (χ0v) is 17.0. The van der Waals surface area contributed by atoms with Gasteiger partial charge in [-0.05, 0) is 48.6 Å². The number of aliphatic hydroxyl groups is 1. The molecule has 29 heavy (non-hydrogen) atoms. The number of hydrogen-bond acceptors (Lipinski definition) is 4. The Hall–Kier alpha value is -2.17. The Bertz CT molecular complexity index is 772. The van der Waals surface area contributed by atoms with Gasteiger partial charge in [0, 0.05) is 26.1 Å². The van der Waals surface area contributed by atoms with Crippen molar-refractivity contribution in [2.45, 2.75) is 37.7 Å². The number of benzene rings is 2. The van der Waals surface area contributed by atoms with Crippen molar-refractivity contribution >= 4 is 5.97 Å². The van der Waals surface area contributed by atoms with Gasteiger partial charge in [0.05, 0.1) is 0 Å². The summed E-state index contributed by atoms with van der Waals surface area (Å²) in [6.07, 6.45) is 5.56. The van der Waals surface area contributed by atoms with Crippen molar-refractivity contribution in [3.05, 3.63) is 71.8 Å². The van der Waals surface area contributed by atoms with Crippen LogP contribution in [-0.4, -0.2) is 42.2 Å². The fourth-order valence-electron chi connectivity index (χ4n) is 4.87. The van der Waals surface area contributed by atoms with Crippen molar-refractivity contribution in [2.24, 2.45) is 11.8 Å². The van der Waals surface area contributed by atoms with Crippen LogP contribution in [0.2, 0.25) is 0 Å². The average Bonchev–Trinajstić information content (AvgIpc) is 3.08. The summed E-state index contributed by atoms with van der Waals surface area (Å²) < 4.78 is 5.64. The van der Waals surface area contributed by atoms with E-state index in [1.54, 1.807) is 12.1 Å². The van der Waals surface area contributed by atoms with E-state index in [2.05, 4.69) is 4.90 Å². The minimum Gasteiger partial charge on any atom is -0.462 e. The molecule has 4 nitrogen and oxygen atoms in total. The molecule has 1 N–H and O–H groups in total. The third kappa shape index (κ3) is 4.88. The Morgan fingerprint density at radius 3 is 2.07 bits per heavy atom. The predicted octanol–water partition coefficient (Wildman–Crippen LogP) is 3.78. The Labute approximate surface area is 173 Å². The lowest BCUT2D eigenvalue weighted by molar-refractivity contribution is -0.167. The third-order valence-electron chi connectivity index (χ3n) is 6.53. The highest BCUT2D eigenvalue weighted by atomic mass is 16.5. The van der Waals surface area contributed by atoms with E-state index in [0.29, 0.717) is 12.2 Å². The molecule has 0 spiro atoms. The number of carbonyl (C=O) groups is 1. The van der Waals surface area contributed by atoms with E-state index in [1.165, 1.54) is 25.7 Å². The minimum atomic E-state index is -1.68. The second-order valence-corrected chi connectivity index (χ2v) is 8.67. The van der Waals surface area contributed by atoms with Gasteiger partial charge in [-0.15, -0.1) is 0 Å². The van der Waals surface area contributed by atoms with Gasteiger partial charge >= 0.3 is 5.97 Å². The summed E-state index contributed by atoms with van der Waals surface area (Å²) in [4.78, 5) is 15.5. The first-order valence-corrected chi connectivity index (χ1v) is 10.8. The van der Waals surface area contributed by atoms with E-state index in [1.807, 2.05) is 48.5 Å². The fourth-order valence-corrected chi connectivity index (χ4v) is 4.87. The molecule has 3 fully saturated rings. The summed E-state index contributed by atoms with van der Waals surface area (Å²) in [7, 11) is 0. The van der Waals surface area contributed by atoms with Crippen LogP contribution in [0, 0.1) is 11.8 Å². The van der Waals surface area contributed by atoms with Crippen LogP contribution < -0.4 is 0 Å². The molecule has 0 amide bonds. The highest BCUT2D eigenvalue weighted by molar-refractivity contribution is 5.81. The SMILES string of the molecule is O=C(OCCN1CC2CCC(CC2)C1)C(O)(Cc1ccccc1)c1ccccc1. The molecule has 2 aliphatic heterocycles. The number of fused-ring (bicyclic) bond motifs is 4. The molecule has 0 aromatic heterocycles. The van der Waals surface area contributed by atoms with E-state index in [9.17, 15) is 9.90 Å². The van der Waals surface area contributed by atoms with Crippen molar-refractivity contribution in [3.8, 4) is 0 Å². The molecule has 1 aliphatic carbocycles. The van der Waals surface area contributed by atoms with Crippen molar-refractivity contribution < 1.29 is 14.6 Å². The predicted molar refractivity (Wildman–Crippen MR) is 113 cm³/mol. The van der Waals surface area contributed by atoms with Gasteiger partial charge in [0.2, 0.25) is 0 Å². The smallest absolute Gasteiger partial charge is 0.343 e. The number of nitrogens with zero attached hydrogens (tertiary/aromatic N) is 1. The summed E-state index contributed by atoms with van der Waals surface area (Å²) in [6.45, 7) is 3.29. The second kappa shape index (κ2) is 9.10. The first-order valence-electron chi connectivity index (χ1n) is 10.8.